The van der Waals surface area contributed by atoms with Crippen molar-refractivity contribution in [2.45, 2.75) is 44.6 Å². The molecule has 1 aliphatic carbocycles. The van der Waals surface area contributed by atoms with E-state index in [4.69, 9.17) is 0 Å². The second kappa shape index (κ2) is 8.59. The molecule has 31 heavy (non-hydrogen) atoms. The number of rotatable bonds is 6. The van der Waals surface area contributed by atoms with Gasteiger partial charge in [-0.3, -0.25) is 9.59 Å². The predicted octanol–water partition coefficient (Wildman–Crippen LogP) is 5.21. The summed E-state index contributed by atoms with van der Waals surface area (Å²) >= 11 is 1.37. The van der Waals surface area contributed by atoms with Crippen LogP contribution in [0.4, 0.5) is 9.52 Å². The van der Waals surface area contributed by atoms with E-state index < -0.39 is 5.41 Å². The molecular formula is C24H24FN3O2S. The maximum absolute atomic E-state index is 13.7. The molecule has 0 spiro atoms. The van der Waals surface area contributed by atoms with Crippen LogP contribution < -0.4 is 10.6 Å². The lowest BCUT2D eigenvalue weighted by Gasteiger charge is -2.40. The molecule has 1 fully saturated rings. The van der Waals surface area contributed by atoms with Crippen LogP contribution in [0.1, 0.15) is 50.3 Å². The molecule has 1 aromatic heterocycles. The number of carbonyl (C=O) groups is 2. The van der Waals surface area contributed by atoms with Gasteiger partial charge in [0, 0.05) is 17.9 Å². The van der Waals surface area contributed by atoms with Gasteiger partial charge >= 0.3 is 0 Å². The Kier molecular flexibility index (Phi) is 5.87. The maximum Gasteiger partial charge on any atom is 0.236 e. The van der Waals surface area contributed by atoms with E-state index >= 15 is 0 Å². The van der Waals surface area contributed by atoms with Crippen molar-refractivity contribution >= 4 is 28.3 Å². The molecule has 1 heterocycles. The molecule has 0 aliphatic heterocycles. The van der Waals surface area contributed by atoms with Crippen molar-refractivity contribution in [3.8, 4) is 11.3 Å². The normalized spacial score (nSPS) is 15.6. The Labute approximate surface area is 184 Å². The van der Waals surface area contributed by atoms with Gasteiger partial charge in [-0.25, -0.2) is 9.37 Å². The van der Waals surface area contributed by atoms with Crippen molar-refractivity contribution < 1.29 is 14.0 Å². The number of thiazole rings is 1. The number of nitrogens with one attached hydrogen (secondary N) is 2. The Hall–Kier alpha value is -3.06. The summed E-state index contributed by atoms with van der Waals surface area (Å²) in [5, 5.41) is 8.23. The van der Waals surface area contributed by atoms with Crippen LogP contribution in [0.5, 0.6) is 0 Å². The first kappa shape index (κ1) is 21.2. The first-order valence-corrected chi connectivity index (χ1v) is 11.2. The van der Waals surface area contributed by atoms with Gasteiger partial charge in [0.2, 0.25) is 11.8 Å². The fourth-order valence-corrected chi connectivity index (χ4v) is 4.69. The highest BCUT2D eigenvalue weighted by molar-refractivity contribution is 7.14. The molecule has 2 amide bonds. The molecule has 4 rings (SSSR count). The van der Waals surface area contributed by atoms with E-state index in [1.165, 1.54) is 30.4 Å². The summed E-state index contributed by atoms with van der Waals surface area (Å²) < 4.78 is 13.7. The second-order valence-electron chi connectivity index (χ2n) is 7.98. The molecule has 1 aliphatic rings. The molecule has 1 atom stereocenters. The highest BCUT2D eigenvalue weighted by atomic mass is 32.1. The number of halogens is 1. The van der Waals surface area contributed by atoms with Gasteiger partial charge in [0.1, 0.15) is 5.82 Å². The Morgan fingerprint density at radius 2 is 1.90 bits per heavy atom. The average Bonchev–Trinajstić information content (AvgIpc) is 3.15. The summed E-state index contributed by atoms with van der Waals surface area (Å²) in [6, 6.07) is 14.1. The molecule has 7 heteroatoms. The summed E-state index contributed by atoms with van der Waals surface area (Å²) in [4.78, 5) is 28.9. The Morgan fingerprint density at radius 1 is 1.16 bits per heavy atom. The topological polar surface area (TPSA) is 71.1 Å². The van der Waals surface area contributed by atoms with Crippen LogP contribution >= 0.6 is 11.3 Å². The van der Waals surface area contributed by atoms with Gasteiger partial charge in [0.15, 0.2) is 5.13 Å². The zero-order valence-electron chi connectivity index (χ0n) is 17.4. The fourth-order valence-electron chi connectivity index (χ4n) is 3.97. The fraction of sp³-hybridized carbons (Fsp3) is 0.292. The lowest BCUT2D eigenvalue weighted by Crippen LogP contribution is -2.46. The van der Waals surface area contributed by atoms with E-state index in [1.807, 2.05) is 42.6 Å². The standard InChI is InChI=1S/C24H24FN3O2S/c1-15(26-16(2)29)17-7-9-18(10-8-17)21-14-31-23(27-21)28-22(30)24(11-4-12-24)19-5-3-6-20(25)13-19/h3,5-10,13-15H,4,11-12H2,1-2H3,(H,26,29)(H,27,28,30). The summed E-state index contributed by atoms with van der Waals surface area (Å²) in [6.07, 6.45) is 2.35. The number of nitrogens with zero attached hydrogens (tertiary/aromatic N) is 1. The van der Waals surface area contributed by atoms with E-state index in [2.05, 4.69) is 15.6 Å². The van der Waals surface area contributed by atoms with Crippen LogP contribution in [0.15, 0.2) is 53.9 Å². The van der Waals surface area contributed by atoms with Crippen LogP contribution in [-0.4, -0.2) is 16.8 Å². The molecule has 3 aromatic rings. The van der Waals surface area contributed by atoms with Crippen LogP contribution in [0, 0.1) is 5.82 Å². The van der Waals surface area contributed by atoms with E-state index in [-0.39, 0.29) is 23.7 Å². The number of hydrogen-bond acceptors (Lipinski definition) is 4. The molecule has 1 unspecified atom stereocenters. The van der Waals surface area contributed by atoms with E-state index in [9.17, 15) is 14.0 Å². The lowest BCUT2D eigenvalue weighted by molar-refractivity contribution is -0.124. The number of benzene rings is 2. The first-order chi connectivity index (χ1) is 14.9. The van der Waals surface area contributed by atoms with Crippen LogP contribution in [0.25, 0.3) is 11.3 Å². The predicted molar refractivity (Wildman–Crippen MR) is 120 cm³/mol. The number of amides is 2. The van der Waals surface area contributed by atoms with E-state index in [0.29, 0.717) is 18.0 Å². The van der Waals surface area contributed by atoms with Gasteiger partial charge in [-0.05, 0) is 43.0 Å². The molecule has 2 N–H and O–H groups in total. The van der Waals surface area contributed by atoms with Crippen molar-refractivity contribution in [2.75, 3.05) is 5.32 Å². The molecule has 2 aromatic carbocycles. The van der Waals surface area contributed by atoms with Gasteiger partial charge in [-0.2, -0.15) is 0 Å². The van der Waals surface area contributed by atoms with Gasteiger partial charge in [0.25, 0.3) is 0 Å². The molecule has 160 valence electrons. The highest BCUT2D eigenvalue weighted by Crippen LogP contribution is 2.45. The van der Waals surface area contributed by atoms with Crippen molar-refractivity contribution in [2.24, 2.45) is 0 Å². The smallest absolute Gasteiger partial charge is 0.236 e. The van der Waals surface area contributed by atoms with Gasteiger partial charge < -0.3 is 10.6 Å². The number of carbonyl (C=O) groups excluding carboxylic acids is 2. The Balaban J connectivity index is 1.48. The molecule has 1 saturated carbocycles. The van der Waals surface area contributed by atoms with Crippen molar-refractivity contribution in [1.82, 2.24) is 10.3 Å². The third-order valence-corrected chi connectivity index (χ3v) is 6.63. The Morgan fingerprint density at radius 3 is 2.52 bits per heavy atom. The van der Waals surface area contributed by atoms with Gasteiger partial charge in [0.05, 0.1) is 17.2 Å². The van der Waals surface area contributed by atoms with E-state index in [1.54, 1.807) is 6.07 Å². The number of anilines is 1. The van der Waals surface area contributed by atoms with E-state index in [0.717, 1.165) is 28.8 Å². The summed E-state index contributed by atoms with van der Waals surface area (Å²) in [7, 11) is 0. The molecule has 0 radical (unpaired) electrons. The molecule has 5 nitrogen and oxygen atoms in total. The maximum atomic E-state index is 13.7. The zero-order chi connectivity index (χ0) is 22.0. The molecule has 0 bridgehead atoms. The largest absolute Gasteiger partial charge is 0.350 e. The third-order valence-electron chi connectivity index (χ3n) is 5.87. The minimum Gasteiger partial charge on any atom is -0.350 e. The summed E-state index contributed by atoms with van der Waals surface area (Å²) in [5.74, 6) is -0.534. The van der Waals surface area contributed by atoms with Crippen molar-refractivity contribution in [3.63, 3.8) is 0 Å². The molecule has 0 saturated heterocycles. The minimum absolute atomic E-state index is 0.0704. The van der Waals surface area contributed by atoms with Crippen molar-refractivity contribution in [3.05, 3.63) is 70.9 Å². The summed E-state index contributed by atoms with van der Waals surface area (Å²) in [5.41, 5.74) is 2.74. The quantitative estimate of drug-likeness (QED) is 0.556. The van der Waals surface area contributed by atoms with Crippen molar-refractivity contribution in [1.29, 1.82) is 0 Å². The van der Waals surface area contributed by atoms with Crippen LogP contribution in [0.3, 0.4) is 0 Å². The van der Waals surface area contributed by atoms with Crippen LogP contribution in [0.2, 0.25) is 0 Å². The monoisotopic (exact) mass is 437 g/mol. The van der Waals surface area contributed by atoms with Crippen LogP contribution in [-0.2, 0) is 15.0 Å². The summed E-state index contributed by atoms with van der Waals surface area (Å²) in [6.45, 7) is 3.43. The first-order valence-electron chi connectivity index (χ1n) is 10.3. The number of aromatic nitrogens is 1. The second-order valence-corrected chi connectivity index (χ2v) is 8.84. The number of hydrogen-bond donors (Lipinski definition) is 2. The average molecular weight is 438 g/mol. The lowest BCUT2D eigenvalue weighted by atomic mass is 9.64. The third kappa shape index (κ3) is 4.37. The van der Waals surface area contributed by atoms with Gasteiger partial charge in [-0.15, -0.1) is 11.3 Å². The van der Waals surface area contributed by atoms with Gasteiger partial charge in [-0.1, -0.05) is 42.8 Å². The minimum atomic E-state index is -0.685. The Bertz CT molecular complexity index is 1110. The molecular weight excluding hydrogens is 413 g/mol. The SMILES string of the molecule is CC(=O)NC(C)c1ccc(-c2csc(NC(=O)C3(c4cccc(F)c4)CCC3)n2)cc1. The zero-order valence-corrected chi connectivity index (χ0v) is 18.3. The highest BCUT2D eigenvalue weighted by Gasteiger charge is 2.46.